The largest absolute Gasteiger partial charge is 0.492 e. The summed E-state index contributed by atoms with van der Waals surface area (Å²) < 4.78 is 7.14. The first-order chi connectivity index (χ1) is 6.15. The van der Waals surface area contributed by atoms with Crippen LogP contribution in [0.2, 0.25) is 0 Å². The van der Waals surface area contributed by atoms with Crippen LogP contribution in [0, 0.1) is 0 Å². The molecule has 1 rings (SSSR count). The van der Waals surface area contributed by atoms with Crippen LogP contribution < -0.4 is 0 Å². The van der Waals surface area contributed by atoms with Gasteiger partial charge in [0.15, 0.2) is 0 Å². The summed E-state index contributed by atoms with van der Waals surface area (Å²) in [6.45, 7) is 10.5. The second-order valence-electron chi connectivity index (χ2n) is 3.13. The minimum atomic E-state index is 0.378. The fraction of sp³-hybridized carbons (Fsp3) is 0.500. The summed E-state index contributed by atoms with van der Waals surface area (Å²) in [5.74, 6) is 0.641. The van der Waals surface area contributed by atoms with Gasteiger partial charge in [-0.25, -0.2) is 0 Å². The average molecular weight is 180 g/mol. The van der Waals surface area contributed by atoms with Gasteiger partial charge in [-0.1, -0.05) is 6.58 Å². The van der Waals surface area contributed by atoms with E-state index in [1.54, 1.807) is 0 Å². The van der Waals surface area contributed by atoms with Crippen LogP contribution in [0.4, 0.5) is 0 Å². The van der Waals surface area contributed by atoms with Crippen LogP contribution in [0.3, 0.4) is 0 Å². The molecular formula is C10H16N2O. The highest BCUT2D eigenvalue weighted by Gasteiger charge is 2.05. The van der Waals surface area contributed by atoms with Gasteiger partial charge in [0.25, 0.3) is 0 Å². The monoisotopic (exact) mass is 180 g/mol. The predicted octanol–water partition coefficient (Wildman–Crippen LogP) is 2.47. The molecule has 0 unspecified atom stereocenters. The lowest BCUT2D eigenvalue weighted by Gasteiger charge is -2.05. The molecule has 1 heterocycles. The van der Waals surface area contributed by atoms with Crippen molar-refractivity contribution in [1.82, 2.24) is 9.78 Å². The molecule has 0 aliphatic heterocycles. The van der Waals surface area contributed by atoms with Gasteiger partial charge in [-0.3, -0.25) is 4.68 Å². The zero-order chi connectivity index (χ0) is 9.84. The number of rotatable bonds is 4. The standard InChI is InChI=1S/C10H16N2O/c1-5-13-9(4)10-6-7-12(11-10)8(2)3/h6-8H,4-5H2,1-3H3. The summed E-state index contributed by atoms with van der Waals surface area (Å²) in [6, 6.07) is 2.29. The van der Waals surface area contributed by atoms with Gasteiger partial charge in [-0.15, -0.1) is 0 Å². The maximum atomic E-state index is 5.25. The molecule has 0 aliphatic rings. The molecule has 0 spiro atoms. The van der Waals surface area contributed by atoms with Crippen molar-refractivity contribution in [2.75, 3.05) is 6.61 Å². The number of ether oxygens (including phenoxy) is 1. The van der Waals surface area contributed by atoms with Crippen LogP contribution in [-0.2, 0) is 4.74 Å². The molecular weight excluding hydrogens is 164 g/mol. The topological polar surface area (TPSA) is 27.1 Å². The van der Waals surface area contributed by atoms with E-state index in [0.717, 1.165) is 5.69 Å². The maximum absolute atomic E-state index is 5.25. The second kappa shape index (κ2) is 4.12. The highest BCUT2D eigenvalue weighted by molar-refractivity contribution is 5.52. The van der Waals surface area contributed by atoms with Crippen LogP contribution >= 0.6 is 0 Å². The molecule has 0 amide bonds. The lowest BCUT2D eigenvalue weighted by Crippen LogP contribution is -2.02. The Morgan fingerprint density at radius 2 is 2.38 bits per heavy atom. The Kier molecular flexibility index (Phi) is 3.12. The van der Waals surface area contributed by atoms with E-state index in [-0.39, 0.29) is 0 Å². The van der Waals surface area contributed by atoms with Crippen molar-refractivity contribution in [3.05, 3.63) is 24.5 Å². The maximum Gasteiger partial charge on any atom is 0.139 e. The highest BCUT2D eigenvalue weighted by Crippen LogP contribution is 2.12. The van der Waals surface area contributed by atoms with E-state index in [0.29, 0.717) is 18.4 Å². The van der Waals surface area contributed by atoms with E-state index in [9.17, 15) is 0 Å². The minimum absolute atomic E-state index is 0.378. The molecule has 3 nitrogen and oxygen atoms in total. The molecule has 0 aliphatic carbocycles. The zero-order valence-electron chi connectivity index (χ0n) is 8.45. The Labute approximate surface area is 79.0 Å². The van der Waals surface area contributed by atoms with Gasteiger partial charge < -0.3 is 4.74 Å². The van der Waals surface area contributed by atoms with Gasteiger partial charge in [-0.2, -0.15) is 5.10 Å². The Bertz CT molecular complexity index is 289. The number of nitrogens with zero attached hydrogens (tertiary/aromatic N) is 2. The third-order valence-electron chi connectivity index (χ3n) is 1.74. The van der Waals surface area contributed by atoms with Crippen LogP contribution in [0.25, 0.3) is 5.76 Å². The van der Waals surface area contributed by atoms with Gasteiger partial charge >= 0.3 is 0 Å². The lowest BCUT2D eigenvalue weighted by atomic mass is 10.4. The van der Waals surface area contributed by atoms with Crippen molar-refractivity contribution < 1.29 is 4.74 Å². The van der Waals surface area contributed by atoms with E-state index >= 15 is 0 Å². The summed E-state index contributed by atoms with van der Waals surface area (Å²) in [5.41, 5.74) is 0.815. The lowest BCUT2D eigenvalue weighted by molar-refractivity contribution is 0.297. The quantitative estimate of drug-likeness (QED) is 0.665. The molecule has 72 valence electrons. The molecule has 1 aromatic rings. The summed E-state index contributed by atoms with van der Waals surface area (Å²) >= 11 is 0. The Morgan fingerprint density at radius 3 is 2.85 bits per heavy atom. The highest BCUT2D eigenvalue weighted by atomic mass is 16.5. The van der Waals surface area contributed by atoms with Gasteiger partial charge in [-0.05, 0) is 26.8 Å². The minimum Gasteiger partial charge on any atom is -0.492 e. The summed E-state index contributed by atoms with van der Waals surface area (Å²) in [5, 5.41) is 4.32. The smallest absolute Gasteiger partial charge is 0.139 e. The third-order valence-corrected chi connectivity index (χ3v) is 1.74. The predicted molar refractivity (Wildman–Crippen MR) is 53.3 cm³/mol. The normalized spacial score (nSPS) is 10.5. The molecule has 3 heteroatoms. The molecule has 0 fully saturated rings. The molecule has 0 N–H and O–H groups in total. The van der Waals surface area contributed by atoms with Crippen molar-refractivity contribution >= 4 is 5.76 Å². The molecule has 13 heavy (non-hydrogen) atoms. The number of hydrogen-bond acceptors (Lipinski definition) is 2. The van der Waals surface area contributed by atoms with Gasteiger partial charge in [0.1, 0.15) is 11.5 Å². The summed E-state index contributed by atoms with van der Waals surface area (Å²) in [4.78, 5) is 0. The van der Waals surface area contributed by atoms with Crippen LogP contribution in [0.15, 0.2) is 18.8 Å². The Hall–Kier alpha value is -1.25. The summed E-state index contributed by atoms with van der Waals surface area (Å²) in [7, 11) is 0. The number of hydrogen-bond donors (Lipinski definition) is 0. The zero-order valence-corrected chi connectivity index (χ0v) is 8.45. The molecule has 0 bridgehead atoms. The van der Waals surface area contributed by atoms with E-state index in [4.69, 9.17) is 4.74 Å². The van der Waals surface area contributed by atoms with Crippen LogP contribution in [0.5, 0.6) is 0 Å². The molecule has 0 saturated heterocycles. The van der Waals surface area contributed by atoms with Crippen molar-refractivity contribution in [1.29, 1.82) is 0 Å². The van der Waals surface area contributed by atoms with E-state index < -0.39 is 0 Å². The first kappa shape index (κ1) is 9.84. The average Bonchev–Trinajstić information content (AvgIpc) is 2.52. The fourth-order valence-electron chi connectivity index (χ4n) is 1.02. The van der Waals surface area contributed by atoms with E-state index in [1.165, 1.54) is 0 Å². The van der Waals surface area contributed by atoms with Crippen molar-refractivity contribution in [2.45, 2.75) is 26.8 Å². The van der Waals surface area contributed by atoms with Crippen LogP contribution in [-0.4, -0.2) is 16.4 Å². The van der Waals surface area contributed by atoms with Crippen LogP contribution in [0.1, 0.15) is 32.5 Å². The fourth-order valence-corrected chi connectivity index (χ4v) is 1.02. The van der Waals surface area contributed by atoms with Gasteiger partial charge in [0.2, 0.25) is 0 Å². The molecule has 0 radical (unpaired) electrons. The first-order valence-corrected chi connectivity index (χ1v) is 4.52. The van der Waals surface area contributed by atoms with E-state index in [2.05, 4.69) is 25.5 Å². The molecule has 0 aromatic carbocycles. The second-order valence-corrected chi connectivity index (χ2v) is 3.13. The van der Waals surface area contributed by atoms with Gasteiger partial charge in [0, 0.05) is 12.2 Å². The van der Waals surface area contributed by atoms with Gasteiger partial charge in [0.05, 0.1) is 6.61 Å². The molecule has 1 aromatic heterocycles. The molecule has 0 atom stereocenters. The Morgan fingerprint density at radius 1 is 1.69 bits per heavy atom. The first-order valence-electron chi connectivity index (χ1n) is 4.52. The molecule has 0 saturated carbocycles. The number of aromatic nitrogens is 2. The van der Waals surface area contributed by atoms with Crippen molar-refractivity contribution in [3.63, 3.8) is 0 Å². The SMILES string of the molecule is C=C(OCC)c1ccn(C(C)C)n1. The summed E-state index contributed by atoms with van der Waals surface area (Å²) in [6.07, 6.45) is 1.93. The van der Waals surface area contributed by atoms with E-state index in [1.807, 2.05) is 23.9 Å². The van der Waals surface area contributed by atoms with Crippen molar-refractivity contribution in [2.24, 2.45) is 0 Å². The third kappa shape index (κ3) is 2.34. The Balaban J connectivity index is 2.73. The van der Waals surface area contributed by atoms with Crippen molar-refractivity contribution in [3.8, 4) is 0 Å².